The van der Waals surface area contributed by atoms with E-state index in [1.54, 1.807) is 31.2 Å². The van der Waals surface area contributed by atoms with E-state index < -0.39 is 11.1 Å². The van der Waals surface area contributed by atoms with Gasteiger partial charge in [-0.2, -0.15) is 0 Å². The van der Waals surface area contributed by atoms with Gasteiger partial charge in [0.15, 0.2) is 0 Å². The summed E-state index contributed by atoms with van der Waals surface area (Å²) < 4.78 is 1.38. The number of nitrogens with one attached hydrogen (secondary N) is 2. The van der Waals surface area contributed by atoms with Crippen molar-refractivity contribution in [1.29, 1.82) is 0 Å². The Kier molecular flexibility index (Phi) is 4.04. The molecule has 0 saturated carbocycles. The van der Waals surface area contributed by atoms with Gasteiger partial charge in [0.2, 0.25) is 0 Å². The normalized spacial score (nSPS) is 11.0. The molecule has 2 heterocycles. The number of aromatic nitrogens is 3. The van der Waals surface area contributed by atoms with E-state index in [0.29, 0.717) is 29.0 Å². The number of hydrogen-bond donors (Lipinski definition) is 2. The van der Waals surface area contributed by atoms with Gasteiger partial charge in [-0.05, 0) is 43.3 Å². The van der Waals surface area contributed by atoms with E-state index in [2.05, 4.69) is 15.3 Å². The highest BCUT2D eigenvalue weighted by atomic mass is 16.2. The lowest BCUT2D eigenvalue weighted by atomic mass is 10.1. The number of carbonyl (C=O) groups is 1. The Morgan fingerprint density at radius 3 is 2.74 bits per heavy atom. The topological polar surface area (TPSA) is 96.9 Å². The highest BCUT2D eigenvalue weighted by Gasteiger charge is 2.11. The molecule has 7 heteroatoms. The maximum Gasteiger partial charge on any atom is 0.316 e. The number of para-hydroxylation sites is 1. The zero-order valence-electron chi connectivity index (χ0n) is 14.5. The number of benzene rings is 2. The van der Waals surface area contributed by atoms with Crippen LogP contribution in [-0.4, -0.2) is 20.4 Å². The molecule has 0 aliphatic heterocycles. The molecular weight excluding hydrogens is 344 g/mol. The van der Waals surface area contributed by atoms with Crippen LogP contribution in [-0.2, 0) is 6.54 Å². The van der Waals surface area contributed by atoms with Crippen molar-refractivity contribution in [1.82, 2.24) is 14.5 Å². The van der Waals surface area contributed by atoms with Gasteiger partial charge in [0.05, 0.1) is 16.6 Å². The number of amides is 1. The third-order valence-corrected chi connectivity index (χ3v) is 4.39. The average molecular weight is 360 g/mol. The van der Waals surface area contributed by atoms with Crippen LogP contribution in [0.15, 0.2) is 64.2 Å². The summed E-state index contributed by atoms with van der Waals surface area (Å²) in [5, 5.41) is 3.74. The number of carbonyl (C=O) groups excluding carboxylic acids is 1. The molecule has 0 radical (unpaired) electrons. The lowest BCUT2D eigenvalue weighted by molar-refractivity contribution is 0.102. The van der Waals surface area contributed by atoms with E-state index in [-0.39, 0.29) is 5.91 Å². The molecule has 0 saturated heterocycles. The second-order valence-electron chi connectivity index (χ2n) is 6.08. The summed E-state index contributed by atoms with van der Waals surface area (Å²) in [5.41, 5.74) is 0.822. The van der Waals surface area contributed by atoms with Crippen LogP contribution < -0.4 is 16.4 Å². The van der Waals surface area contributed by atoms with E-state index in [1.807, 2.05) is 30.3 Å². The fourth-order valence-electron chi connectivity index (χ4n) is 3.06. The fraction of sp³-hybridized carbons (Fsp3) is 0.100. The Bertz CT molecular complexity index is 1300. The van der Waals surface area contributed by atoms with Gasteiger partial charge in [-0.25, -0.2) is 4.98 Å². The highest BCUT2D eigenvalue weighted by Crippen LogP contribution is 2.16. The smallest absolute Gasteiger partial charge is 0.316 e. The lowest BCUT2D eigenvalue weighted by Gasteiger charge is -2.09. The van der Waals surface area contributed by atoms with Gasteiger partial charge in [-0.3, -0.25) is 14.4 Å². The Morgan fingerprint density at radius 2 is 1.93 bits per heavy atom. The third kappa shape index (κ3) is 2.99. The minimum atomic E-state index is -0.710. The van der Waals surface area contributed by atoms with Crippen LogP contribution in [0.25, 0.3) is 21.9 Å². The molecule has 27 heavy (non-hydrogen) atoms. The number of anilines is 1. The summed E-state index contributed by atoms with van der Waals surface area (Å²) in [6, 6.07) is 16.1. The van der Waals surface area contributed by atoms with Gasteiger partial charge in [0.1, 0.15) is 5.82 Å². The summed E-state index contributed by atoms with van der Waals surface area (Å²) in [7, 11) is 0. The molecule has 1 amide bonds. The van der Waals surface area contributed by atoms with Gasteiger partial charge in [-0.15, -0.1) is 0 Å². The van der Waals surface area contributed by atoms with Crippen molar-refractivity contribution in [2.24, 2.45) is 0 Å². The van der Waals surface area contributed by atoms with Crippen LogP contribution in [0, 0.1) is 0 Å². The number of H-pyrrole nitrogens is 1. The predicted octanol–water partition coefficient (Wildman–Crippen LogP) is 2.51. The van der Waals surface area contributed by atoms with Crippen molar-refractivity contribution in [3.8, 4) is 0 Å². The van der Waals surface area contributed by atoms with Gasteiger partial charge in [-0.1, -0.05) is 18.2 Å². The van der Waals surface area contributed by atoms with Crippen LogP contribution in [0.3, 0.4) is 0 Å². The minimum Gasteiger partial charge on any atom is -0.316 e. The van der Waals surface area contributed by atoms with E-state index in [9.17, 15) is 14.4 Å². The first-order chi connectivity index (χ1) is 13.1. The van der Waals surface area contributed by atoms with E-state index in [4.69, 9.17) is 0 Å². The van der Waals surface area contributed by atoms with Crippen LogP contribution in [0.1, 0.15) is 17.3 Å². The van der Waals surface area contributed by atoms with Crippen molar-refractivity contribution in [2.75, 3.05) is 5.32 Å². The SMILES string of the molecule is CCn1c(=O)c(=O)[nH]c2cc(C(=O)Nc3ccc4ccccc4n3)ccc21. The molecule has 2 N–H and O–H groups in total. The number of rotatable bonds is 3. The molecule has 0 fully saturated rings. The summed E-state index contributed by atoms with van der Waals surface area (Å²) in [6.07, 6.45) is 0. The Balaban J connectivity index is 1.70. The number of fused-ring (bicyclic) bond motifs is 2. The van der Waals surface area contributed by atoms with Crippen molar-refractivity contribution < 1.29 is 4.79 Å². The number of hydrogen-bond acceptors (Lipinski definition) is 4. The average Bonchev–Trinajstić information content (AvgIpc) is 2.68. The molecule has 0 spiro atoms. The van der Waals surface area contributed by atoms with E-state index in [0.717, 1.165) is 10.9 Å². The Hall–Kier alpha value is -3.74. The first kappa shape index (κ1) is 16.7. The number of pyridine rings is 1. The monoisotopic (exact) mass is 360 g/mol. The fourth-order valence-corrected chi connectivity index (χ4v) is 3.06. The molecule has 7 nitrogen and oxygen atoms in total. The number of nitrogens with zero attached hydrogens (tertiary/aromatic N) is 2. The van der Waals surface area contributed by atoms with Crippen LogP contribution in [0.2, 0.25) is 0 Å². The molecule has 134 valence electrons. The standard InChI is InChI=1S/C20H16N4O3/c1-2-24-16-9-7-13(11-15(16)22-19(26)20(24)27)18(25)23-17-10-8-12-5-3-4-6-14(12)21-17/h3-11H,2H2,1H3,(H,22,26)(H,21,23,25). The van der Waals surface area contributed by atoms with Crippen molar-refractivity contribution in [3.63, 3.8) is 0 Å². The van der Waals surface area contributed by atoms with Crippen LogP contribution in [0.4, 0.5) is 5.82 Å². The van der Waals surface area contributed by atoms with E-state index in [1.165, 1.54) is 4.57 Å². The van der Waals surface area contributed by atoms with Gasteiger partial charge >= 0.3 is 11.1 Å². The predicted molar refractivity (Wildman–Crippen MR) is 104 cm³/mol. The first-order valence-corrected chi connectivity index (χ1v) is 8.51. The second kappa shape index (κ2) is 6.53. The minimum absolute atomic E-state index is 0.352. The number of aromatic amines is 1. The summed E-state index contributed by atoms with van der Waals surface area (Å²) in [4.78, 5) is 43.3. The van der Waals surface area contributed by atoms with E-state index >= 15 is 0 Å². The molecule has 0 aliphatic carbocycles. The highest BCUT2D eigenvalue weighted by molar-refractivity contribution is 6.05. The summed E-state index contributed by atoms with van der Waals surface area (Å²) in [6.45, 7) is 2.15. The molecule has 0 aliphatic rings. The molecule has 0 bridgehead atoms. The zero-order chi connectivity index (χ0) is 19.0. The number of aryl methyl sites for hydroxylation is 1. The van der Waals surface area contributed by atoms with Crippen LogP contribution >= 0.6 is 0 Å². The molecule has 0 atom stereocenters. The largest absolute Gasteiger partial charge is 0.316 e. The lowest BCUT2D eigenvalue weighted by Crippen LogP contribution is -2.36. The Labute approximate surface area is 153 Å². The zero-order valence-corrected chi connectivity index (χ0v) is 14.5. The van der Waals surface area contributed by atoms with Gasteiger partial charge in [0, 0.05) is 17.5 Å². The third-order valence-electron chi connectivity index (χ3n) is 4.39. The van der Waals surface area contributed by atoms with Crippen molar-refractivity contribution in [2.45, 2.75) is 13.5 Å². The van der Waals surface area contributed by atoms with Crippen LogP contribution in [0.5, 0.6) is 0 Å². The maximum atomic E-state index is 12.6. The molecule has 2 aromatic heterocycles. The molecule has 2 aromatic carbocycles. The van der Waals surface area contributed by atoms with Crippen molar-refractivity contribution >= 4 is 33.7 Å². The van der Waals surface area contributed by atoms with Gasteiger partial charge in [0.25, 0.3) is 5.91 Å². The molecule has 4 aromatic rings. The molecular formula is C20H16N4O3. The van der Waals surface area contributed by atoms with Crippen molar-refractivity contribution in [3.05, 3.63) is 80.9 Å². The quantitative estimate of drug-likeness (QED) is 0.549. The van der Waals surface area contributed by atoms with Gasteiger partial charge < -0.3 is 14.9 Å². The first-order valence-electron chi connectivity index (χ1n) is 8.51. The molecule has 4 rings (SSSR count). The Morgan fingerprint density at radius 1 is 1.11 bits per heavy atom. The molecule has 0 unspecified atom stereocenters. The summed E-state index contributed by atoms with van der Waals surface area (Å²) in [5.74, 6) is 0.0839. The maximum absolute atomic E-state index is 12.6. The summed E-state index contributed by atoms with van der Waals surface area (Å²) >= 11 is 0. The second-order valence-corrected chi connectivity index (χ2v) is 6.08.